The number of rotatable bonds is 4. The number of hydrogen-bond acceptors (Lipinski definition) is 3. The van der Waals surface area contributed by atoms with Gasteiger partial charge in [-0.3, -0.25) is 4.79 Å². The largest absolute Gasteiger partial charge is 0.481 e. The molecule has 1 aromatic carbocycles. The molecule has 0 aromatic heterocycles. The number of carbonyl (C=O) groups excluding carboxylic acids is 2. The zero-order valence-corrected chi connectivity index (χ0v) is 14.1. The molecule has 2 heterocycles. The number of aliphatic carboxylic acids is 1. The predicted octanol–water partition coefficient (Wildman–Crippen LogP) is 0.448. The third-order valence-corrected chi connectivity index (χ3v) is 5.00. The number of urea groups is 2. The smallest absolute Gasteiger partial charge is 0.317 e. The van der Waals surface area contributed by atoms with Crippen LogP contribution in [0.15, 0.2) is 30.3 Å². The Bertz CT molecular complexity index is 680. The molecule has 8 nitrogen and oxygen atoms in total. The van der Waals surface area contributed by atoms with Crippen LogP contribution in [-0.2, 0) is 10.2 Å². The van der Waals surface area contributed by atoms with Crippen LogP contribution < -0.4 is 10.6 Å². The van der Waals surface area contributed by atoms with Crippen molar-refractivity contribution in [3.8, 4) is 0 Å². The summed E-state index contributed by atoms with van der Waals surface area (Å²) in [5, 5.41) is 15.2. The zero-order chi connectivity index (χ0) is 18.0. The van der Waals surface area contributed by atoms with Gasteiger partial charge in [0.15, 0.2) is 0 Å². The maximum absolute atomic E-state index is 12.5. The Labute approximate surface area is 145 Å². The monoisotopic (exact) mass is 346 g/mol. The quantitative estimate of drug-likeness (QED) is 0.736. The Hall–Kier alpha value is -2.77. The highest BCUT2D eigenvalue weighted by Gasteiger charge is 2.39. The van der Waals surface area contributed by atoms with Crippen LogP contribution >= 0.6 is 0 Å². The molecule has 2 aliphatic rings. The summed E-state index contributed by atoms with van der Waals surface area (Å²) in [6.45, 7) is 3.48. The van der Waals surface area contributed by atoms with Crippen LogP contribution in [-0.4, -0.2) is 71.7 Å². The molecule has 8 heteroatoms. The van der Waals surface area contributed by atoms with E-state index in [1.807, 2.05) is 6.07 Å². The Kier molecular flexibility index (Phi) is 4.52. The van der Waals surface area contributed by atoms with E-state index in [4.69, 9.17) is 0 Å². The molecule has 0 radical (unpaired) electrons. The molecule has 2 saturated heterocycles. The number of fused-ring (bicyclic) bond motifs is 1. The number of amides is 4. The van der Waals surface area contributed by atoms with Gasteiger partial charge in [-0.2, -0.15) is 0 Å². The fourth-order valence-electron chi connectivity index (χ4n) is 3.26. The SMILES string of the molecule is CC(CNC(=O)N1CCN2C(=O)NCC2C1)(C(=O)O)c1ccccc1. The van der Waals surface area contributed by atoms with Crippen molar-refractivity contribution < 1.29 is 19.5 Å². The molecule has 2 unspecified atom stereocenters. The Balaban J connectivity index is 1.63. The summed E-state index contributed by atoms with van der Waals surface area (Å²) in [6.07, 6.45) is 0. The van der Waals surface area contributed by atoms with E-state index in [2.05, 4.69) is 10.6 Å². The molecule has 3 N–H and O–H groups in total. The lowest BCUT2D eigenvalue weighted by atomic mass is 9.82. The standard InChI is InChI=1S/C17H22N4O4/c1-17(14(22)23,12-5-3-2-4-6-12)11-19-15(24)20-7-8-21-13(10-20)9-18-16(21)25/h2-6,13H,7-11H2,1H3,(H,18,25)(H,19,24)(H,22,23). The lowest BCUT2D eigenvalue weighted by Gasteiger charge is -2.37. The number of nitrogens with one attached hydrogen (secondary N) is 2. The van der Waals surface area contributed by atoms with Crippen LogP contribution in [0.25, 0.3) is 0 Å². The number of hydrogen-bond donors (Lipinski definition) is 3. The lowest BCUT2D eigenvalue weighted by molar-refractivity contribution is -0.142. The molecule has 0 spiro atoms. The van der Waals surface area contributed by atoms with Gasteiger partial charge in [-0.15, -0.1) is 0 Å². The molecular formula is C17H22N4O4. The van der Waals surface area contributed by atoms with Gasteiger partial charge in [0, 0.05) is 32.7 Å². The van der Waals surface area contributed by atoms with Crippen molar-refractivity contribution in [3.63, 3.8) is 0 Å². The number of nitrogens with zero attached hydrogens (tertiary/aromatic N) is 2. The summed E-state index contributed by atoms with van der Waals surface area (Å²) in [5.41, 5.74) is -0.568. The van der Waals surface area contributed by atoms with Crippen LogP contribution in [0.1, 0.15) is 12.5 Å². The van der Waals surface area contributed by atoms with Crippen molar-refractivity contribution in [3.05, 3.63) is 35.9 Å². The Morgan fingerprint density at radius 2 is 2.04 bits per heavy atom. The van der Waals surface area contributed by atoms with Crippen molar-refractivity contribution in [2.24, 2.45) is 0 Å². The van der Waals surface area contributed by atoms with Crippen LogP contribution in [0.3, 0.4) is 0 Å². The molecule has 25 heavy (non-hydrogen) atoms. The van der Waals surface area contributed by atoms with Crippen LogP contribution in [0.2, 0.25) is 0 Å². The average molecular weight is 346 g/mol. The third kappa shape index (κ3) is 3.24. The first kappa shape index (κ1) is 17.1. The predicted molar refractivity (Wildman–Crippen MR) is 90.3 cm³/mol. The number of benzene rings is 1. The van der Waals surface area contributed by atoms with Crippen LogP contribution in [0.5, 0.6) is 0 Å². The minimum absolute atomic E-state index is 0.00670. The summed E-state index contributed by atoms with van der Waals surface area (Å²) in [5.74, 6) is -0.991. The lowest BCUT2D eigenvalue weighted by Crippen LogP contribution is -2.57. The summed E-state index contributed by atoms with van der Waals surface area (Å²) >= 11 is 0. The molecule has 2 aliphatic heterocycles. The highest BCUT2D eigenvalue weighted by atomic mass is 16.4. The summed E-state index contributed by atoms with van der Waals surface area (Å²) in [6, 6.07) is 8.45. The third-order valence-electron chi connectivity index (χ3n) is 5.00. The van der Waals surface area contributed by atoms with E-state index in [9.17, 15) is 19.5 Å². The van der Waals surface area contributed by atoms with E-state index in [-0.39, 0.29) is 24.6 Å². The van der Waals surface area contributed by atoms with E-state index in [0.29, 0.717) is 31.7 Å². The van der Waals surface area contributed by atoms with Gasteiger partial charge in [0.05, 0.1) is 6.04 Å². The van der Waals surface area contributed by atoms with Gasteiger partial charge < -0.3 is 25.5 Å². The fourth-order valence-corrected chi connectivity index (χ4v) is 3.26. The molecule has 0 saturated carbocycles. The van der Waals surface area contributed by atoms with Gasteiger partial charge in [-0.25, -0.2) is 9.59 Å². The van der Waals surface area contributed by atoms with E-state index in [0.717, 1.165) is 0 Å². The van der Waals surface area contributed by atoms with Crippen molar-refractivity contribution >= 4 is 18.0 Å². The highest BCUT2D eigenvalue weighted by Crippen LogP contribution is 2.23. The molecule has 2 atom stereocenters. The maximum Gasteiger partial charge on any atom is 0.317 e. The molecule has 0 bridgehead atoms. The minimum atomic E-state index is -1.20. The number of piperazine rings is 1. The molecule has 4 amide bonds. The second-order valence-electron chi connectivity index (χ2n) is 6.64. The average Bonchev–Trinajstić information content (AvgIpc) is 3.00. The first-order valence-electron chi connectivity index (χ1n) is 8.28. The van der Waals surface area contributed by atoms with Gasteiger partial charge in [-0.05, 0) is 12.5 Å². The normalized spacial score (nSPS) is 22.0. The minimum Gasteiger partial charge on any atom is -0.481 e. The van der Waals surface area contributed by atoms with Crippen LogP contribution in [0.4, 0.5) is 9.59 Å². The summed E-state index contributed by atoms with van der Waals surface area (Å²) < 4.78 is 0. The van der Waals surface area contributed by atoms with Crippen molar-refractivity contribution in [1.29, 1.82) is 0 Å². The highest BCUT2D eigenvalue weighted by molar-refractivity contribution is 5.83. The van der Waals surface area contributed by atoms with Gasteiger partial charge >= 0.3 is 18.0 Å². The first-order valence-corrected chi connectivity index (χ1v) is 8.28. The molecule has 0 aliphatic carbocycles. The van der Waals surface area contributed by atoms with E-state index in [1.54, 1.807) is 41.0 Å². The maximum atomic E-state index is 12.5. The second kappa shape index (κ2) is 6.62. The first-order chi connectivity index (χ1) is 11.9. The number of carboxylic acid groups (broad SMARTS) is 1. The number of carbonyl (C=O) groups is 3. The van der Waals surface area contributed by atoms with Crippen molar-refractivity contribution in [2.45, 2.75) is 18.4 Å². The Morgan fingerprint density at radius 1 is 1.32 bits per heavy atom. The summed E-state index contributed by atoms with van der Waals surface area (Å²) in [4.78, 5) is 39.2. The molecule has 134 valence electrons. The topological polar surface area (TPSA) is 102 Å². The van der Waals surface area contributed by atoms with Gasteiger partial charge in [0.1, 0.15) is 5.41 Å². The van der Waals surface area contributed by atoms with Crippen molar-refractivity contribution in [2.75, 3.05) is 32.7 Å². The molecule has 1 aromatic rings. The number of carboxylic acids is 1. The molecular weight excluding hydrogens is 324 g/mol. The molecule has 2 fully saturated rings. The molecule has 3 rings (SSSR count). The fraction of sp³-hybridized carbons (Fsp3) is 0.471. The van der Waals surface area contributed by atoms with Gasteiger partial charge in [-0.1, -0.05) is 30.3 Å². The van der Waals surface area contributed by atoms with E-state index >= 15 is 0 Å². The van der Waals surface area contributed by atoms with Crippen molar-refractivity contribution in [1.82, 2.24) is 20.4 Å². The van der Waals surface area contributed by atoms with Gasteiger partial charge in [0.2, 0.25) is 0 Å². The van der Waals surface area contributed by atoms with Gasteiger partial charge in [0.25, 0.3) is 0 Å². The zero-order valence-electron chi connectivity index (χ0n) is 14.1. The van der Waals surface area contributed by atoms with E-state index < -0.39 is 11.4 Å². The summed E-state index contributed by atoms with van der Waals surface area (Å²) in [7, 11) is 0. The van der Waals surface area contributed by atoms with E-state index in [1.165, 1.54) is 0 Å². The second-order valence-corrected chi connectivity index (χ2v) is 6.64. The Morgan fingerprint density at radius 3 is 2.72 bits per heavy atom. The van der Waals surface area contributed by atoms with Crippen LogP contribution in [0, 0.1) is 0 Å².